The van der Waals surface area contributed by atoms with E-state index in [1.54, 1.807) is 6.07 Å². The van der Waals surface area contributed by atoms with Crippen molar-refractivity contribution in [1.82, 2.24) is 9.55 Å². The second kappa shape index (κ2) is 5.21. The lowest BCUT2D eigenvalue weighted by molar-refractivity contribution is 0.0593. The molecule has 1 unspecified atom stereocenters. The molecule has 1 aliphatic heterocycles. The summed E-state index contributed by atoms with van der Waals surface area (Å²) >= 11 is 0. The van der Waals surface area contributed by atoms with E-state index in [0.29, 0.717) is 18.7 Å². The molecule has 0 aliphatic carbocycles. The molecule has 0 amide bonds. The molecule has 1 aliphatic rings. The second-order valence-electron chi connectivity index (χ2n) is 5.63. The van der Waals surface area contributed by atoms with E-state index in [-0.39, 0.29) is 5.69 Å². The van der Waals surface area contributed by atoms with Gasteiger partial charge in [0.05, 0.1) is 18.3 Å². The number of nitrogens with zero attached hydrogens (tertiary/aromatic N) is 2. The summed E-state index contributed by atoms with van der Waals surface area (Å²) in [5.41, 5.74) is 2.70. The number of aliphatic hydroxyl groups excluding tert-OH is 1. The lowest BCUT2D eigenvalue weighted by atomic mass is 10.1. The van der Waals surface area contributed by atoms with Crippen molar-refractivity contribution in [3.05, 3.63) is 53.9 Å². The van der Waals surface area contributed by atoms with Crippen molar-refractivity contribution >= 4 is 27.8 Å². The van der Waals surface area contributed by atoms with Crippen LogP contribution in [0.25, 0.3) is 21.8 Å². The summed E-state index contributed by atoms with van der Waals surface area (Å²) in [5, 5.41) is 12.5. The minimum atomic E-state index is -0.748. The Bertz CT molecular complexity index is 956. The quantitative estimate of drug-likeness (QED) is 0.554. The zero-order valence-electron chi connectivity index (χ0n) is 12.7. The number of hydrogen-bond donors (Lipinski definition) is 1. The summed E-state index contributed by atoms with van der Waals surface area (Å²) in [7, 11) is 1.33. The number of aliphatic hydroxyl groups is 1. The van der Waals surface area contributed by atoms with Crippen LogP contribution in [0.1, 0.15) is 28.7 Å². The van der Waals surface area contributed by atoms with Crippen LogP contribution in [-0.4, -0.2) is 27.7 Å². The highest BCUT2D eigenvalue weighted by Crippen LogP contribution is 2.35. The van der Waals surface area contributed by atoms with Crippen molar-refractivity contribution in [3.8, 4) is 0 Å². The number of benzene rings is 1. The number of carbonyl (C=O) groups excluding carboxylic acids is 1. The fraction of sp³-hybridized carbons (Fsp3) is 0.222. The van der Waals surface area contributed by atoms with Gasteiger partial charge in [-0.05, 0) is 18.6 Å². The first-order valence-electron chi connectivity index (χ1n) is 7.54. The van der Waals surface area contributed by atoms with Crippen molar-refractivity contribution in [2.45, 2.75) is 19.1 Å². The highest BCUT2D eigenvalue weighted by molar-refractivity contribution is 6.10. The Balaban J connectivity index is 2.18. The maximum atomic E-state index is 12.0. The van der Waals surface area contributed by atoms with Gasteiger partial charge in [-0.3, -0.25) is 0 Å². The second-order valence-corrected chi connectivity index (χ2v) is 5.63. The molecule has 0 spiro atoms. The van der Waals surface area contributed by atoms with E-state index in [1.165, 1.54) is 7.11 Å². The first-order chi connectivity index (χ1) is 11.2. The Labute approximate surface area is 132 Å². The number of para-hydroxylation sites is 1. The van der Waals surface area contributed by atoms with Crippen molar-refractivity contribution in [2.75, 3.05) is 7.11 Å². The number of aromatic nitrogens is 2. The maximum Gasteiger partial charge on any atom is 0.356 e. The fourth-order valence-corrected chi connectivity index (χ4v) is 3.25. The molecule has 4 rings (SSSR count). The summed E-state index contributed by atoms with van der Waals surface area (Å²) in [5.74, 6) is -0.496. The Hall–Kier alpha value is -2.66. The van der Waals surface area contributed by atoms with Gasteiger partial charge in [0.2, 0.25) is 0 Å². The lowest BCUT2D eigenvalue weighted by Gasteiger charge is -2.16. The van der Waals surface area contributed by atoms with Gasteiger partial charge in [0.25, 0.3) is 0 Å². The molecule has 5 nitrogen and oxygen atoms in total. The van der Waals surface area contributed by atoms with Gasteiger partial charge in [-0.25, -0.2) is 9.78 Å². The third-order valence-corrected chi connectivity index (χ3v) is 4.30. The molecule has 23 heavy (non-hydrogen) atoms. The van der Waals surface area contributed by atoms with Gasteiger partial charge in [-0.2, -0.15) is 0 Å². The number of hydrogen-bond acceptors (Lipinski definition) is 4. The van der Waals surface area contributed by atoms with Gasteiger partial charge in [-0.1, -0.05) is 30.4 Å². The molecule has 5 heteroatoms. The number of carbonyl (C=O) groups is 1. The van der Waals surface area contributed by atoms with Crippen LogP contribution >= 0.6 is 0 Å². The lowest BCUT2D eigenvalue weighted by Crippen LogP contribution is -2.12. The number of methoxy groups -OCH3 is 1. The van der Waals surface area contributed by atoms with Crippen molar-refractivity contribution < 1.29 is 14.6 Å². The standard InChI is InChI=1S/C18H16N2O3/c1-23-18(22)13-10-12-11-6-2-3-7-14(11)20-9-5-4-8-15(21)16(19-13)17(12)20/h2-7,10,15,21H,8-9H2,1H3/b5-4-. The molecule has 0 saturated heterocycles. The van der Waals surface area contributed by atoms with E-state index in [1.807, 2.05) is 36.4 Å². The van der Waals surface area contributed by atoms with E-state index >= 15 is 0 Å². The topological polar surface area (TPSA) is 64.4 Å². The summed E-state index contributed by atoms with van der Waals surface area (Å²) in [6, 6.07) is 9.77. The van der Waals surface area contributed by atoms with E-state index in [4.69, 9.17) is 4.74 Å². The number of rotatable bonds is 1. The summed E-state index contributed by atoms with van der Waals surface area (Å²) in [6.45, 7) is 0.711. The van der Waals surface area contributed by atoms with Gasteiger partial charge in [-0.15, -0.1) is 0 Å². The van der Waals surface area contributed by atoms with Crippen molar-refractivity contribution in [3.63, 3.8) is 0 Å². The van der Waals surface area contributed by atoms with Crippen LogP contribution in [0.3, 0.4) is 0 Å². The van der Waals surface area contributed by atoms with Crippen LogP contribution in [0.4, 0.5) is 0 Å². The summed E-state index contributed by atoms with van der Waals surface area (Å²) < 4.78 is 6.94. The van der Waals surface area contributed by atoms with Crippen LogP contribution in [-0.2, 0) is 11.3 Å². The smallest absolute Gasteiger partial charge is 0.356 e. The van der Waals surface area contributed by atoms with Gasteiger partial charge >= 0.3 is 5.97 Å². The largest absolute Gasteiger partial charge is 0.464 e. The molecule has 116 valence electrons. The summed E-state index contributed by atoms with van der Waals surface area (Å²) in [4.78, 5) is 16.4. The zero-order chi connectivity index (χ0) is 16.0. The molecule has 3 heterocycles. The monoisotopic (exact) mass is 308 g/mol. The number of ether oxygens (including phenoxy) is 1. The minimum absolute atomic E-state index is 0.224. The first-order valence-corrected chi connectivity index (χ1v) is 7.54. The molecular formula is C18H16N2O3. The van der Waals surface area contributed by atoms with E-state index in [2.05, 4.69) is 9.55 Å². The van der Waals surface area contributed by atoms with Crippen LogP contribution in [0.5, 0.6) is 0 Å². The van der Waals surface area contributed by atoms with Gasteiger partial charge in [0.15, 0.2) is 0 Å². The Morgan fingerprint density at radius 2 is 2.13 bits per heavy atom. The van der Waals surface area contributed by atoms with Gasteiger partial charge in [0.1, 0.15) is 11.8 Å². The number of allylic oxidation sites excluding steroid dienone is 1. The molecule has 1 aromatic carbocycles. The predicted molar refractivity (Wildman–Crippen MR) is 87.3 cm³/mol. The van der Waals surface area contributed by atoms with Crippen molar-refractivity contribution in [1.29, 1.82) is 0 Å². The average molecular weight is 308 g/mol. The Morgan fingerprint density at radius 1 is 1.30 bits per heavy atom. The molecule has 1 N–H and O–H groups in total. The number of pyridine rings is 1. The van der Waals surface area contributed by atoms with Crippen LogP contribution in [0, 0.1) is 0 Å². The van der Waals surface area contributed by atoms with Gasteiger partial charge in [0, 0.05) is 22.8 Å². The molecule has 2 aromatic heterocycles. The minimum Gasteiger partial charge on any atom is -0.464 e. The first kappa shape index (κ1) is 14.0. The van der Waals surface area contributed by atoms with E-state index in [9.17, 15) is 9.90 Å². The van der Waals surface area contributed by atoms with E-state index in [0.717, 1.165) is 21.8 Å². The van der Waals surface area contributed by atoms with E-state index < -0.39 is 12.1 Å². The van der Waals surface area contributed by atoms with Gasteiger partial charge < -0.3 is 14.4 Å². The molecule has 0 fully saturated rings. The molecular weight excluding hydrogens is 292 g/mol. The Morgan fingerprint density at radius 3 is 2.96 bits per heavy atom. The number of esters is 1. The summed E-state index contributed by atoms with van der Waals surface area (Å²) in [6.07, 6.45) is 3.73. The maximum absolute atomic E-state index is 12.0. The molecule has 0 radical (unpaired) electrons. The molecule has 0 bridgehead atoms. The zero-order valence-corrected chi connectivity index (χ0v) is 12.7. The predicted octanol–water partition coefficient (Wildman–Crippen LogP) is 2.97. The van der Waals surface area contributed by atoms with Crippen LogP contribution in [0.2, 0.25) is 0 Å². The molecule has 3 aromatic rings. The normalized spacial score (nSPS) is 18.6. The highest BCUT2D eigenvalue weighted by Gasteiger charge is 2.23. The van der Waals surface area contributed by atoms with Crippen molar-refractivity contribution in [2.24, 2.45) is 0 Å². The molecule has 0 saturated carbocycles. The highest BCUT2D eigenvalue weighted by atomic mass is 16.5. The number of fused-ring (bicyclic) bond motifs is 3. The van der Waals surface area contributed by atoms with Crippen LogP contribution < -0.4 is 0 Å². The fourth-order valence-electron chi connectivity index (χ4n) is 3.25. The third-order valence-electron chi connectivity index (χ3n) is 4.30. The third kappa shape index (κ3) is 2.04. The van der Waals surface area contributed by atoms with Crippen LogP contribution in [0.15, 0.2) is 42.5 Å². The Kier molecular flexibility index (Phi) is 3.16. The molecule has 1 atom stereocenters. The average Bonchev–Trinajstić information content (AvgIpc) is 2.89. The SMILES string of the molecule is COC(=O)c1cc2c3ccccc3n3c2c(n1)C(O)C/C=C\C3.